The highest BCUT2D eigenvalue weighted by molar-refractivity contribution is 9.10. The van der Waals surface area contributed by atoms with Gasteiger partial charge < -0.3 is 10.2 Å². The Bertz CT molecular complexity index is 1140. The van der Waals surface area contributed by atoms with Gasteiger partial charge in [0.05, 0.1) is 11.9 Å². The molecule has 2 amide bonds. The second kappa shape index (κ2) is 12.0. The Morgan fingerprint density at radius 3 is 2.32 bits per heavy atom. The molecule has 0 saturated carbocycles. The molecule has 0 fully saturated rings. The van der Waals surface area contributed by atoms with Crippen LogP contribution in [0, 0.1) is 12.8 Å². The fourth-order valence-electron chi connectivity index (χ4n) is 3.24. The topological polar surface area (TPSA) is 86.8 Å². The summed E-state index contributed by atoms with van der Waals surface area (Å²) in [6, 6.07) is 11.3. The van der Waals surface area contributed by atoms with Crippen molar-refractivity contribution >= 4 is 55.1 Å². The van der Waals surface area contributed by atoms with E-state index < -0.39 is 28.5 Å². The maximum absolute atomic E-state index is 13.5. The predicted octanol–water partition coefficient (Wildman–Crippen LogP) is 4.37. The number of nitrogens with zero attached hydrogens (tertiary/aromatic N) is 2. The SMILES string of the molecule is Cc1cc(N(CC(=O)N(Cc2ccccc2Cl)C(C)C(=O)NCC(C)C)S(C)(=O)=O)ccc1Br. The first-order valence-corrected chi connectivity index (χ1v) is 13.9. The van der Waals surface area contributed by atoms with Crippen LogP contribution in [0.25, 0.3) is 0 Å². The zero-order chi connectivity index (χ0) is 25.6. The molecular formula is C24H31BrClN3O4S. The number of benzene rings is 2. The van der Waals surface area contributed by atoms with Gasteiger partial charge in [0.2, 0.25) is 21.8 Å². The number of aryl methyl sites for hydroxylation is 1. The molecule has 7 nitrogen and oxygen atoms in total. The van der Waals surface area contributed by atoms with Gasteiger partial charge in [0.25, 0.3) is 0 Å². The third kappa shape index (κ3) is 7.71. The monoisotopic (exact) mass is 571 g/mol. The molecule has 0 bridgehead atoms. The van der Waals surface area contributed by atoms with Crippen molar-refractivity contribution in [3.63, 3.8) is 0 Å². The number of hydrogen-bond donors (Lipinski definition) is 1. The van der Waals surface area contributed by atoms with Gasteiger partial charge in [-0.25, -0.2) is 8.42 Å². The molecular weight excluding hydrogens is 542 g/mol. The highest BCUT2D eigenvalue weighted by Crippen LogP contribution is 2.25. The maximum atomic E-state index is 13.5. The van der Waals surface area contributed by atoms with Gasteiger partial charge in [0.1, 0.15) is 12.6 Å². The van der Waals surface area contributed by atoms with Gasteiger partial charge in [-0.2, -0.15) is 0 Å². The molecule has 2 aromatic carbocycles. The van der Waals surface area contributed by atoms with E-state index in [-0.39, 0.29) is 18.4 Å². The number of amides is 2. The van der Waals surface area contributed by atoms with Crippen molar-refractivity contribution in [1.29, 1.82) is 0 Å². The van der Waals surface area contributed by atoms with Gasteiger partial charge in [0, 0.05) is 22.6 Å². The molecule has 2 rings (SSSR count). The van der Waals surface area contributed by atoms with Crippen LogP contribution < -0.4 is 9.62 Å². The third-order valence-electron chi connectivity index (χ3n) is 5.26. The van der Waals surface area contributed by atoms with Crippen molar-refractivity contribution in [3.05, 3.63) is 63.1 Å². The minimum absolute atomic E-state index is 0.0612. The van der Waals surface area contributed by atoms with Crippen LogP contribution in [0.15, 0.2) is 46.9 Å². The third-order valence-corrected chi connectivity index (χ3v) is 7.66. The largest absolute Gasteiger partial charge is 0.354 e. The standard InChI is InChI=1S/C24H31BrClN3O4S/c1-16(2)13-27-24(31)18(4)28(14-19-8-6-7-9-22(19)26)23(30)15-29(34(5,32)33)20-10-11-21(25)17(3)12-20/h6-12,16,18H,13-15H2,1-5H3,(H,27,31). The molecule has 0 aliphatic heterocycles. The summed E-state index contributed by atoms with van der Waals surface area (Å²) in [6.07, 6.45) is 1.05. The maximum Gasteiger partial charge on any atom is 0.244 e. The molecule has 186 valence electrons. The molecule has 0 spiro atoms. The van der Waals surface area contributed by atoms with Crippen LogP contribution in [-0.4, -0.2) is 50.5 Å². The molecule has 0 heterocycles. The highest BCUT2D eigenvalue weighted by Gasteiger charge is 2.30. The van der Waals surface area contributed by atoms with Crippen molar-refractivity contribution < 1.29 is 18.0 Å². The Morgan fingerprint density at radius 2 is 1.76 bits per heavy atom. The summed E-state index contributed by atoms with van der Waals surface area (Å²) in [7, 11) is -3.78. The van der Waals surface area contributed by atoms with Gasteiger partial charge in [-0.1, -0.05) is 59.6 Å². The summed E-state index contributed by atoms with van der Waals surface area (Å²) in [5.74, 6) is -0.595. The van der Waals surface area contributed by atoms with Gasteiger partial charge in [-0.3, -0.25) is 13.9 Å². The van der Waals surface area contributed by atoms with Crippen molar-refractivity contribution in [3.8, 4) is 0 Å². The lowest BCUT2D eigenvalue weighted by Crippen LogP contribution is -2.51. The van der Waals surface area contributed by atoms with Crippen LogP contribution in [0.5, 0.6) is 0 Å². The number of carbonyl (C=O) groups is 2. The number of sulfonamides is 1. The van der Waals surface area contributed by atoms with Crippen molar-refractivity contribution in [2.24, 2.45) is 5.92 Å². The normalized spacial score (nSPS) is 12.4. The Hall–Kier alpha value is -2.10. The highest BCUT2D eigenvalue weighted by atomic mass is 79.9. The number of hydrogen-bond acceptors (Lipinski definition) is 4. The number of halogens is 2. The molecule has 10 heteroatoms. The Morgan fingerprint density at radius 1 is 1.12 bits per heavy atom. The molecule has 0 aliphatic rings. The minimum atomic E-state index is -3.78. The average molecular weight is 573 g/mol. The van der Waals surface area contributed by atoms with E-state index in [4.69, 9.17) is 11.6 Å². The predicted molar refractivity (Wildman–Crippen MR) is 140 cm³/mol. The Balaban J connectivity index is 2.40. The van der Waals surface area contributed by atoms with Crippen LogP contribution in [0.3, 0.4) is 0 Å². The van der Waals surface area contributed by atoms with Crippen LogP contribution >= 0.6 is 27.5 Å². The molecule has 34 heavy (non-hydrogen) atoms. The fraction of sp³-hybridized carbons (Fsp3) is 0.417. The molecule has 1 N–H and O–H groups in total. The first-order chi connectivity index (χ1) is 15.8. The van der Waals surface area contributed by atoms with Crippen molar-refractivity contribution in [2.75, 3.05) is 23.7 Å². The number of anilines is 1. The van der Waals surface area contributed by atoms with Crippen LogP contribution in [-0.2, 0) is 26.2 Å². The average Bonchev–Trinajstić information content (AvgIpc) is 2.75. The van der Waals surface area contributed by atoms with Crippen LogP contribution in [0.2, 0.25) is 5.02 Å². The zero-order valence-electron chi connectivity index (χ0n) is 20.0. The smallest absolute Gasteiger partial charge is 0.244 e. The van der Waals surface area contributed by atoms with Gasteiger partial charge in [-0.05, 0) is 55.2 Å². The first-order valence-electron chi connectivity index (χ1n) is 10.9. The summed E-state index contributed by atoms with van der Waals surface area (Å²) in [5.41, 5.74) is 1.85. The van der Waals surface area contributed by atoms with Gasteiger partial charge >= 0.3 is 0 Å². The summed E-state index contributed by atoms with van der Waals surface area (Å²) < 4.78 is 27.1. The summed E-state index contributed by atoms with van der Waals surface area (Å²) >= 11 is 9.72. The summed E-state index contributed by atoms with van der Waals surface area (Å²) in [6.45, 7) is 7.48. The summed E-state index contributed by atoms with van der Waals surface area (Å²) in [4.78, 5) is 27.7. The lowest BCUT2D eigenvalue weighted by atomic mass is 10.1. The summed E-state index contributed by atoms with van der Waals surface area (Å²) in [5, 5.41) is 3.30. The molecule has 2 aromatic rings. The molecule has 0 aromatic heterocycles. The molecule has 0 aliphatic carbocycles. The fourth-order valence-corrected chi connectivity index (χ4v) is 4.53. The van der Waals surface area contributed by atoms with E-state index in [9.17, 15) is 18.0 Å². The van der Waals surface area contributed by atoms with E-state index in [1.54, 1.807) is 49.4 Å². The second-order valence-corrected chi connectivity index (χ2v) is 11.8. The van der Waals surface area contributed by atoms with Crippen molar-refractivity contribution in [1.82, 2.24) is 10.2 Å². The lowest BCUT2D eigenvalue weighted by molar-refractivity contribution is -0.139. The van der Waals surface area contributed by atoms with E-state index in [1.165, 1.54) is 4.90 Å². The van der Waals surface area contributed by atoms with Crippen LogP contribution in [0.4, 0.5) is 5.69 Å². The first kappa shape index (κ1) is 28.1. The Labute approximate surface area is 215 Å². The van der Waals surface area contributed by atoms with Gasteiger partial charge in [0.15, 0.2) is 0 Å². The van der Waals surface area contributed by atoms with E-state index >= 15 is 0 Å². The van der Waals surface area contributed by atoms with Crippen molar-refractivity contribution in [2.45, 2.75) is 40.3 Å². The molecule has 0 saturated heterocycles. The second-order valence-electron chi connectivity index (χ2n) is 8.63. The number of rotatable bonds is 10. The Kier molecular flexibility index (Phi) is 9.96. The van der Waals surface area contributed by atoms with Gasteiger partial charge in [-0.15, -0.1) is 0 Å². The molecule has 0 radical (unpaired) electrons. The van der Waals surface area contributed by atoms with E-state index in [0.29, 0.717) is 22.8 Å². The lowest BCUT2D eigenvalue weighted by Gasteiger charge is -2.32. The van der Waals surface area contributed by atoms with Crippen LogP contribution in [0.1, 0.15) is 31.9 Å². The number of carbonyl (C=O) groups excluding carboxylic acids is 2. The number of nitrogens with one attached hydrogen (secondary N) is 1. The minimum Gasteiger partial charge on any atom is -0.354 e. The van der Waals surface area contributed by atoms with E-state index in [1.807, 2.05) is 20.8 Å². The zero-order valence-corrected chi connectivity index (χ0v) is 23.2. The molecule has 1 atom stereocenters. The van der Waals surface area contributed by atoms with E-state index in [0.717, 1.165) is 20.6 Å². The molecule has 1 unspecified atom stereocenters. The quantitative estimate of drug-likeness (QED) is 0.458. The van der Waals surface area contributed by atoms with E-state index in [2.05, 4.69) is 21.2 Å².